The third-order valence-electron chi connectivity index (χ3n) is 3.43. The van der Waals surface area contributed by atoms with Gasteiger partial charge in [0.15, 0.2) is 11.5 Å². The number of para-hydroxylation sites is 1. The van der Waals surface area contributed by atoms with Crippen molar-refractivity contribution >= 4 is 0 Å². The summed E-state index contributed by atoms with van der Waals surface area (Å²) in [4.78, 5) is 2.30. The number of ether oxygens (including phenoxy) is 2. The Bertz CT molecular complexity index is 424. The maximum Gasteiger partial charge on any atom is 0.162 e. The number of phenolic OH excluding ortho intramolecular Hbond substituents is 1. The summed E-state index contributed by atoms with van der Waals surface area (Å²) in [5.74, 6) is 0.816. The molecule has 2 N–H and O–H groups in total. The molecule has 1 fully saturated rings. The monoisotopic (exact) mass is 280 g/mol. The van der Waals surface area contributed by atoms with E-state index in [1.807, 2.05) is 26.1 Å². The van der Waals surface area contributed by atoms with Crippen LogP contribution in [0.25, 0.3) is 0 Å². The molecule has 1 aliphatic heterocycles. The second-order valence-corrected chi connectivity index (χ2v) is 4.98. The minimum absolute atomic E-state index is 0.214. The number of hydrogen-bond acceptors (Lipinski definition) is 5. The molecule has 5 nitrogen and oxygen atoms in total. The van der Waals surface area contributed by atoms with E-state index in [1.165, 1.54) is 0 Å². The Morgan fingerprint density at radius 3 is 3.10 bits per heavy atom. The van der Waals surface area contributed by atoms with Gasteiger partial charge >= 0.3 is 0 Å². The fourth-order valence-corrected chi connectivity index (χ4v) is 2.48. The number of rotatable bonds is 6. The van der Waals surface area contributed by atoms with E-state index in [4.69, 9.17) is 9.47 Å². The highest BCUT2D eigenvalue weighted by molar-refractivity contribution is 5.45. The number of benzene rings is 1. The van der Waals surface area contributed by atoms with Crippen molar-refractivity contribution in [2.75, 3.05) is 39.9 Å². The van der Waals surface area contributed by atoms with Gasteiger partial charge < -0.3 is 19.9 Å². The molecule has 0 aromatic heterocycles. The van der Waals surface area contributed by atoms with Gasteiger partial charge in [0.25, 0.3) is 0 Å². The van der Waals surface area contributed by atoms with Crippen LogP contribution in [0.15, 0.2) is 18.2 Å². The van der Waals surface area contributed by atoms with E-state index in [0.29, 0.717) is 12.4 Å². The van der Waals surface area contributed by atoms with Crippen molar-refractivity contribution in [3.8, 4) is 11.5 Å². The number of hydrogen-bond donors (Lipinski definition) is 2. The van der Waals surface area contributed by atoms with E-state index in [2.05, 4.69) is 10.2 Å². The highest BCUT2D eigenvalue weighted by Crippen LogP contribution is 2.30. The van der Waals surface area contributed by atoms with E-state index >= 15 is 0 Å². The first-order valence-corrected chi connectivity index (χ1v) is 7.16. The zero-order valence-electron chi connectivity index (χ0n) is 12.3. The van der Waals surface area contributed by atoms with Crippen LogP contribution in [0.1, 0.15) is 12.5 Å². The third kappa shape index (κ3) is 3.85. The van der Waals surface area contributed by atoms with Crippen molar-refractivity contribution in [2.24, 2.45) is 0 Å². The molecule has 20 heavy (non-hydrogen) atoms. The molecule has 0 spiro atoms. The van der Waals surface area contributed by atoms with Crippen LogP contribution in [0.4, 0.5) is 0 Å². The summed E-state index contributed by atoms with van der Waals surface area (Å²) in [6.07, 6.45) is 0.214. The van der Waals surface area contributed by atoms with Crippen molar-refractivity contribution in [2.45, 2.75) is 19.6 Å². The van der Waals surface area contributed by atoms with Gasteiger partial charge in [0.05, 0.1) is 19.3 Å². The Labute approximate surface area is 120 Å². The zero-order valence-corrected chi connectivity index (χ0v) is 12.3. The molecule has 1 atom stereocenters. The lowest BCUT2D eigenvalue weighted by Crippen LogP contribution is -2.45. The lowest BCUT2D eigenvalue weighted by Gasteiger charge is -2.33. The SMILES string of the molecule is CCOc1cccc(CN2CCOC(CNC)C2)c1O. The van der Waals surface area contributed by atoms with Crippen molar-refractivity contribution in [3.63, 3.8) is 0 Å². The maximum absolute atomic E-state index is 10.2. The Kier molecular flexibility index (Phi) is 5.64. The lowest BCUT2D eigenvalue weighted by atomic mass is 10.1. The number of phenols is 1. The Morgan fingerprint density at radius 1 is 1.50 bits per heavy atom. The molecule has 1 saturated heterocycles. The maximum atomic E-state index is 10.2. The number of likely N-dealkylation sites (N-methyl/N-ethyl adjacent to an activating group) is 1. The van der Waals surface area contributed by atoms with Crippen LogP contribution in [-0.2, 0) is 11.3 Å². The molecule has 0 aliphatic carbocycles. The van der Waals surface area contributed by atoms with Gasteiger partial charge in [-0.2, -0.15) is 0 Å². The molecule has 5 heteroatoms. The fourth-order valence-electron chi connectivity index (χ4n) is 2.48. The van der Waals surface area contributed by atoms with Gasteiger partial charge in [0, 0.05) is 31.7 Å². The molecule has 1 unspecified atom stereocenters. The fraction of sp³-hybridized carbons (Fsp3) is 0.600. The highest BCUT2D eigenvalue weighted by Gasteiger charge is 2.21. The summed E-state index contributed by atoms with van der Waals surface area (Å²) in [6.45, 7) is 6.53. The Hall–Kier alpha value is -1.30. The third-order valence-corrected chi connectivity index (χ3v) is 3.43. The molecule has 0 amide bonds. The van der Waals surface area contributed by atoms with Crippen LogP contribution >= 0.6 is 0 Å². The standard InChI is InChI=1S/C15H24N2O3/c1-3-19-14-6-4-5-12(15(14)18)10-17-7-8-20-13(11-17)9-16-2/h4-6,13,16,18H,3,7-11H2,1-2H3. The first kappa shape index (κ1) is 15.1. The van der Waals surface area contributed by atoms with Gasteiger partial charge in [-0.05, 0) is 20.0 Å². The largest absolute Gasteiger partial charge is 0.504 e. The quantitative estimate of drug-likeness (QED) is 0.820. The van der Waals surface area contributed by atoms with E-state index in [1.54, 1.807) is 6.07 Å². The Balaban J connectivity index is 2.00. The second-order valence-electron chi connectivity index (χ2n) is 4.98. The molecular weight excluding hydrogens is 256 g/mol. The van der Waals surface area contributed by atoms with E-state index < -0.39 is 0 Å². The minimum Gasteiger partial charge on any atom is -0.504 e. The van der Waals surface area contributed by atoms with Gasteiger partial charge in [-0.3, -0.25) is 4.90 Å². The predicted molar refractivity (Wildman–Crippen MR) is 78.2 cm³/mol. The summed E-state index contributed by atoms with van der Waals surface area (Å²) in [7, 11) is 1.93. The van der Waals surface area contributed by atoms with E-state index in [-0.39, 0.29) is 11.9 Å². The van der Waals surface area contributed by atoms with Crippen LogP contribution in [0.5, 0.6) is 11.5 Å². The van der Waals surface area contributed by atoms with Crippen molar-refractivity contribution in [1.82, 2.24) is 10.2 Å². The topological polar surface area (TPSA) is 54.0 Å². The summed E-state index contributed by atoms with van der Waals surface area (Å²) < 4.78 is 11.1. The van der Waals surface area contributed by atoms with Gasteiger partial charge in [0.1, 0.15) is 0 Å². The van der Waals surface area contributed by atoms with Gasteiger partial charge in [0.2, 0.25) is 0 Å². The first-order valence-electron chi connectivity index (χ1n) is 7.16. The molecule has 1 aromatic carbocycles. The minimum atomic E-state index is 0.214. The Morgan fingerprint density at radius 2 is 2.35 bits per heavy atom. The number of morpholine rings is 1. The summed E-state index contributed by atoms with van der Waals surface area (Å²) in [5, 5.41) is 13.4. The highest BCUT2D eigenvalue weighted by atomic mass is 16.5. The summed E-state index contributed by atoms with van der Waals surface area (Å²) >= 11 is 0. The van der Waals surface area contributed by atoms with Crippen molar-refractivity contribution in [1.29, 1.82) is 0 Å². The number of nitrogens with one attached hydrogen (secondary N) is 1. The van der Waals surface area contributed by atoms with E-state index in [9.17, 15) is 5.11 Å². The van der Waals surface area contributed by atoms with Gasteiger partial charge in [-0.1, -0.05) is 12.1 Å². The van der Waals surface area contributed by atoms with E-state index in [0.717, 1.165) is 38.3 Å². The number of aromatic hydroxyl groups is 1. The van der Waals surface area contributed by atoms with Crippen LogP contribution in [0, 0.1) is 0 Å². The molecular formula is C15H24N2O3. The van der Waals surface area contributed by atoms with Gasteiger partial charge in [-0.25, -0.2) is 0 Å². The van der Waals surface area contributed by atoms with Crippen molar-refractivity contribution in [3.05, 3.63) is 23.8 Å². The van der Waals surface area contributed by atoms with Crippen molar-refractivity contribution < 1.29 is 14.6 Å². The van der Waals surface area contributed by atoms with Crippen LogP contribution < -0.4 is 10.1 Å². The average Bonchev–Trinajstić information content (AvgIpc) is 2.44. The summed E-state index contributed by atoms with van der Waals surface area (Å²) in [5.41, 5.74) is 0.904. The molecule has 0 bridgehead atoms. The normalized spacial score (nSPS) is 20.0. The lowest BCUT2D eigenvalue weighted by molar-refractivity contribution is -0.0293. The molecule has 2 rings (SSSR count). The predicted octanol–water partition coefficient (Wildman–Crippen LogP) is 1.21. The molecule has 112 valence electrons. The molecule has 0 saturated carbocycles. The van der Waals surface area contributed by atoms with Crippen LogP contribution in [0.2, 0.25) is 0 Å². The molecule has 1 aliphatic rings. The average molecular weight is 280 g/mol. The van der Waals surface area contributed by atoms with Crippen LogP contribution in [-0.4, -0.2) is 56.0 Å². The van der Waals surface area contributed by atoms with Crippen LogP contribution in [0.3, 0.4) is 0 Å². The summed E-state index contributed by atoms with van der Waals surface area (Å²) in [6, 6.07) is 5.66. The van der Waals surface area contributed by atoms with Gasteiger partial charge in [-0.15, -0.1) is 0 Å². The smallest absolute Gasteiger partial charge is 0.162 e. The number of nitrogens with zero attached hydrogens (tertiary/aromatic N) is 1. The second kappa shape index (κ2) is 7.47. The first-order chi connectivity index (χ1) is 9.74. The zero-order chi connectivity index (χ0) is 14.4. The molecule has 0 radical (unpaired) electrons. The molecule has 1 aromatic rings. The molecule has 1 heterocycles.